The Morgan fingerprint density at radius 1 is 1.35 bits per heavy atom. The van der Waals surface area contributed by atoms with Gasteiger partial charge in [0.15, 0.2) is 0 Å². The molecule has 2 aliphatic rings. The van der Waals surface area contributed by atoms with Crippen molar-refractivity contribution in [1.29, 1.82) is 0 Å². The second-order valence-corrected chi connectivity index (χ2v) is 5.26. The lowest BCUT2D eigenvalue weighted by Crippen LogP contribution is -2.17. The average molecular weight is 236 g/mol. The lowest BCUT2D eigenvalue weighted by Gasteiger charge is -2.15. The third-order valence-corrected chi connectivity index (χ3v) is 3.87. The van der Waals surface area contributed by atoms with Crippen LogP contribution < -0.4 is 4.74 Å². The number of hydrogen-bond donors (Lipinski definition) is 1. The molecule has 1 aliphatic carbocycles. The number of halogens is 1. The highest BCUT2D eigenvalue weighted by molar-refractivity contribution is 5.37. The summed E-state index contributed by atoms with van der Waals surface area (Å²) in [4.78, 5) is 0. The Morgan fingerprint density at radius 2 is 2.24 bits per heavy atom. The zero-order valence-corrected chi connectivity index (χ0v) is 9.73. The first-order valence-corrected chi connectivity index (χ1v) is 6.34. The number of hydrogen-bond acceptors (Lipinski definition) is 2. The summed E-state index contributed by atoms with van der Waals surface area (Å²) in [6.07, 6.45) is 4.73. The molecule has 1 fully saturated rings. The molecular weight excluding hydrogens is 219 g/mol. The zero-order chi connectivity index (χ0) is 11.8. The molecule has 1 aromatic rings. The predicted molar refractivity (Wildman–Crippen MR) is 62.5 cm³/mol. The van der Waals surface area contributed by atoms with Gasteiger partial charge in [0.05, 0.1) is 6.10 Å². The van der Waals surface area contributed by atoms with Crippen molar-refractivity contribution in [3.8, 4) is 5.75 Å². The molecule has 0 bridgehead atoms. The highest BCUT2D eigenvalue weighted by atomic mass is 19.1. The van der Waals surface area contributed by atoms with E-state index in [2.05, 4.69) is 0 Å². The molecule has 92 valence electrons. The fraction of sp³-hybridized carbons (Fsp3) is 0.571. The van der Waals surface area contributed by atoms with E-state index in [0.29, 0.717) is 5.92 Å². The maximum absolute atomic E-state index is 13.1. The Balaban J connectivity index is 1.62. The minimum atomic E-state index is -0.190. The molecule has 3 atom stereocenters. The second-order valence-electron chi connectivity index (χ2n) is 5.26. The largest absolute Gasteiger partial charge is 0.490 e. The van der Waals surface area contributed by atoms with Crippen LogP contribution in [0.25, 0.3) is 0 Å². The Hall–Kier alpha value is -1.09. The quantitative estimate of drug-likeness (QED) is 0.855. The Morgan fingerprint density at radius 3 is 3.00 bits per heavy atom. The SMILES string of the molecule is OC1CCC(CC2Cc3cc(F)ccc3O2)C1. The summed E-state index contributed by atoms with van der Waals surface area (Å²) in [6.45, 7) is 0. The molecular formula is C14H17FO2. The number of aliphatic hydroxyl groups excluding tert-OH is 1. The molecule has 17 heavy (non-hydrogen) atoms. The first kappa shape index (κ1) is 11.0. The number of benzene rings is 1. The monoisotopic (exact) mass is 236 g/mol. The van der Waals surface area contributed by atoms with Gasteiger partial charge >= 0.3 is 0 Å². The first-order chi connectivity index (χ1) is 8.20. The fourth-order valence-corrected chi connectivity index (χ4v) is 3.05. The van der Waals surface area contributed by atoms with E-state index in [4.69, 9.17) is 4.74 Å². The molecule has 3 rings (SSSR count). The predicted octanol–water partition coefficient (Wildman–Crippen LogP) is 2.68. The summed E-state index contributed by atoms with van der Waals surface area (Å²) in [5, 5.41) is 9.49. The molecule has 1 N–H and O–H groups in total. The molecule has 0 spiro atoms. The molecule has 3 heteroatoms. The smallest absolute Gasteiger partial charge is 0.123 e. The van der Waals surface area contributed by atoms with Crippen LogP contribution in [0.4, 0.5) is 4.39 Å². The van der Waals surface area contributed by atoms with E-state index in [0.717, 1.165) is 43.4 Å². The van der Waals surface area contributed by atoms with E-state index in [1.807, 2.05) is 0 Å². The third kappa shape index (κ3) is 2.29. The Labute approximate surface area is 100 Å². The fourth-order valence-electron chi connectivity index (χ4n) is 3.05. The van der Waals surface area contributed by atoms with Crippen LogP contribution in [0.3, 0.4) is 0 Å². The normalized spacial score (nSPS) is 31.3. The maximum atomic E-state index is 13.1. The van der Waals surface area contributed by atoms with Crippen molar-refractivity contribution >= 4 is 0 Å². The summed E-state index contributed by atoms with van der Waals surface area (Å²) < 4.78 is 18.9. The first-order valence-electron chi connectivity index (χ1n) is 6.34. The van der Waals surface area contributed by atoms with Crippen molar-refractivity contribution in [2.45, 2.75) is 44.3 Å². The van der Waals surface area contributed by atoms with Crippen LogP contribution in [0.1, 0.15) is 31.2 Å². The van der Waals surface area contributed by atoms with E-state index in [9.17, 15) is 9.50 Å². The summed E-state index contributed by atoms with van der Waals surface area (Å²) in [6, 6.07) is 4.73. The number of ether oxygens (including phenoxy) is 1. The van der Waals surface area contributed by atoms with E-state index in [-0.39, 0.29) is 18.0 Å². The van der Waals surface area contributed by atoms with Crippen LogP contribution in [0.5, 0.6) is 5.75 Å². The van der Waals surface area contributed by atoms with Crippen molar-refractivity contribution < 1.29 is 14.2 Å². The molecule has 0 saturated heterocycles. The Bertz CT molecular complexity index is 419. The number of aliphatic hydroxyl groups is 1. The van der Waals surface area contributed by atoms with Crippen molar-refractivity contribution in [2.75, 3.05) is 0 Å². The molecule has 1 heterocycles. The van der Waals surface area contributed by atoms with Gasteiger partial charge in [0, 0.05) is 12.0 Å². The van der Waals surface area contributed by atoms with Crippen LogP contribution in [-0.2, 0) is 6.42 Å². The standard InChI is InChI=1S/C14H17FO2/c15-11-2-4-14-10(7-11)8-13(17-14)6-9-1-3-12(16)5-9/h2,4,7,9,12-13,16H,1,3,5-6,8H2. The minimum Gasteiger partial charge on any atom is -0.490 e. The molecule has 2 nitrogen and oxygen atoms in total. The molecule has 0 aromatic heterocycles. The van der Waals surface area contributed by atoms with Gasteiger partial charge in [-0.05, 0) is 49.8 Å². The van der Waals surface area contributed by atoms with Crippen LogP contribution in [0.2, 0.25) is 0 Å². The van der Waals surface area contributed by atoms with Gasteiger partial charge in [-0.1, -0.05) is 0 Å². The lowest BCUT2D eigenvalue weighted by atomic mass is 9.97. The topological polar surface area (TPSA) is 29.5 Å². The molecule has 3 unspecified atom stereocenters. The van der Waals surface area contributed by atoms with Crippen LogP contribution in [-0.4, -0.2) is 17.3 Å². The summed E-state index contributed by atoms with van der Waals surface area (Å²) in [5.41, 5.74) is 0.980. The van der Waals surface area contributed by atoms with Gasteiger partial charge in [-0.2, -0.15) is 0 Å². The number of rotatable bonds is 2. The molecule has 1 aliphatic heterocycles. The van der Waals surface area contributed by atoms with E-state index < -0.39 is 0 Å². The van der Waals surface area contributed by atoms with E-state index in [1.165, 1.54) is 6.07 Å². The lowest BCUT2D eigenvalue weighted by molar-refractivity contribution is 0.162. The van der Waals surface area contributed by atoms with Gasteiger partial charge in [0.2, 0.25) is 0 Å². The molecule has 1 aromatic carbocycles. The van der Waals surface area contributed by atoms with Gasteiger partial charge in [-0.15, -0.1) is 0 Å². The zero-order valence-electron chi connectivity index (χ0n) is 9.73. The maximum Gasteiger partial charge on any atom is 0.123 e. The van der Waals surface area contributed by atoms with Crippen molar-refractivity contribution in [3.63, 3.8) is 0 Å². The van der Waals surface area contributed by atoms with Gasteiger partial charge in [-0.3, -0.25) is 0 Å². The average Bonchev–Trinajstić information content (AvgIpc) is 2.84. The summed E-state index contributed by atoms with van der Waals surface area (Å²) >= 11 is 0. The van der Waals surface area contributed by atoms with E-state index >= 15 is 0 Å². The van der Waals surface area contributed by atoms with Gasteiger partial charge < -0.3 is 9.84 Å². The van der Waals surface area contributed by atoms with E-state index in [1.54, 1.807) is 12.1 Å². The minimum absolute atomic E-state index is 0.124. The third-order valence-electron chi connectivity index (χ3n) is 3.87. The number of fused-ring (bicyclic) bond motifs is 1. The highest BCUT2D eigenvalue weighted by Crippen LogP contribution is 2.35. The highest BCUT2D eigenvalue weighted by Gasteiger charge is 2.30. The van der Waals surface area contributed by atoms with Gasteiger partial charge in [0.25, 0.3) is 0 Å². The van der Waals surface area contributed by atoms with Crippen molar-refractivity contribution in [3.05, 3.63) is 29.6 Å². The van der Waals surface area contributed by atoms with Crippen LogP contribution >= 0.6 is 0 Å². The Kier molecular flexibility index (Phi) is 2.79. The summed E-state index contributed by atoms with van der Waals surface area (Å²) in [7, 11) is 0. The van der Waals surface area contributed by atoms with Crippen molar-refractivity contribution in [2.24, 2.45) is 5.92 Å². The van der Waals surface area contributed by atoms with Crippen LogP contribution in [0.15, 0.2) is 18.2 Å². The van der Waals surface area contributed by atoms with Crippen LogP contribution in [0, 0.1) is 11.7 Å². The van der Waals surface area contributed by atoms with Gasteiger partial charge in [0.1, 0.15) is 17.7 Å². The summed E-state index contributed by atoms with van der Waals surface area (Å²) in [5.74, 6) is 1.20. The second kappa shape index (κ2) is 4.30. The molecule has 1 saturated carbocycles. The molecule has 0 radical (unpaired) electrons. The molecule has 0 amide bonds. The van der Waals surface area contributed by atoms with Gasteiger partial charge in [-0.25, -0.2) is 4.39 Å². The van der Waals surface area contributed by atoms with Crippen molar-refractivity contribution in [1.82, 2.24) is 0 Å².